The predicted octanol–water partition coefficient (Wildman–Crippen LogP) is 13.0. The lowest BCUT2D eigenvalue weighted by molar-refractivity contribution is 0.0695. The predicted molar refractivity (Wildman–Crippen MR) is 187 cm³/mol. The summed E-state index contributed by atoms with van der Waals surface area (Å²) in [5.74, 6) is 15.3. The highest BCUT2D eigenvalue weighted by Gasteiger charge is 2.57. The summed E-state index contributed by atoms with van der Waals surface area (Å²) in [7, 11) is 0. The van der Waals surface area contributed by atoms with E-state index >= 15 is 0 Å². The second-order valence-electron chi connectivity index (χ2n) is 21.7. The maximum absolute atomic E-state index is 2.56. The normalized spacial score (nSPS) is 47.2. The first-order valence-electron chi connectivity index (χ1n) is 20.0. The number of rotatable bonds is 4. The Bertz CT molecular complexity index is 897. The zero-order valence-electron chi connectivity index (χ0n) is 31.1. The molecule has 6 saturated carbocycles. The minimum Gasteiger partial charge on any atom is -0.0625 e. The van der Waals surface area contributed by atoms with Crippen LogP contribution in [0.3, 0.4) is 0 Å². The number of hydrogen-bond acceptors (Lipinski definition) is 0. The minimum atomic E-state index is 0.487. The van der Waals surface area contributed by atoms with Crippen molar-refractivity contribution in [1.82, 2.24) is 0 Å². The molecule has 0 spiro atoms. The van der Waals surface area contributed by atoms with Crippen molar-refractivity contribution < 1.29 is 0 Å². The molecule has 0 aliphatic heterocycles. The molecule has 0 amide bonds. The van der Waals surface area contributed by atoms with Gasteiger partial charge in [0.25, 0.3) is 0 Å². The van der Waals surface area contributed by atoms with Crippen LogP contribution in [-0.4, -0.2) is 0 Å². The van der Waals surface area contributed by atoms with E-state index in [-0.39, 0.29) is 0 Å². The quantitative estimate of drug-likeness (QED) is 0.304. The van der Waals surface area contributed by atoms with E-state index in [0.717, 1.165) is 88.8 Å². The van der Waals surface area contributed by atoms with E-state index in [1.54, 1.807) is 64.2 Å². The van der Waals surface area contributed by atoms with Crippen molar-refractivity contribution in [2.24, 2.45) is 105 Å². The largest absolute Gasteiger partial charge is 0.0625 e. The van der Waals surface area contributed by atoms with Gasteiger partial charge in [0.2, 0.25) is 0 Å². The Morgan fingerprint density at radius 2 is 0.698 bits per heavy atom. The summed E-state index contributed by atoms with van der Waals surface area (Å²) in [5.41, 5.74) is 1.46. The summed E-state index contributed by atoms with van der Waals surface area (Å²) < 4.78 is 0. The highest BCUT2D eigenvalue weighted by Crippen LogP contribution is 2.65. The van der Waals surface area contributed by atoms with Crippen LogP contribution in [0.2, 0.25) is 0 Å². The van der Waals surface area contributed by atoms with E-state index in [9.17, 15) is 0 Å². The fourth-order valence-electron chi connectivity index (χ4n) is 13.9. The summed E-state index contributed by atoms with van der Waals surface area (Å²) in [5, 5.41) is 0. The van der Waals surface area contributed by atoms with Crippen LogP contribution in [0.25, 0.3) is 0 Å². The molecule has 6 rings (SSSR count). The average Bonchev–Trinajstić information content (AvgIpc) is 3.40. The van der Waals surface area contributed by atoms with Crippen molar-refractivity contribution in [3.8, 4) is 0 Å². The Morgan fingerprint density at radius 1 is 0.395 bits per heavy atom. The molecule has 43 heavy (non-hydrogen) atoms. The SMILES string of the molecule is CC(C)C1CCC2C3CCC(C(C)(C)C)CC3C(CCC3C4CC(C(C)(C)C)CCC4C4CCC(C(C)(C)C)CC43)C2C1. The summed E-state index contributed by atoms with van der Waals surface area (Å²) in [6, 6.07) is 0. The summed E-state index contributed by atoms with van der Waals surface area (Å²) in [6.45, 7) is 28.1. The van der Waals surface area contributed by atoms with Gasteiger partial charge in [0, 0.05) is 0 Å². The molecule has 0 aromatic carbocycles. The van der Waals surface area contributed by atoms with Crippen molar-refractivity contribution >= 4 is 0 Å². The third kappa shape index (κ3) is 6.33. The first-order valence-corrected chi connectivity index (χ1v) is 20.0. The first kappa shape index (κ1) is 32.9. The molecule has 0 saturated heterocycles. The molecule has 0 nitrogen and oxygen atoms in total. The van der Waals surface area contributed by atoms with Crippen LogP contribution in [0.1, 0.15) is 166 Å². The molecule has 0 heteroatoms. The standard InChI is InChI=1S/C43H76/c1-26(2)27-12-16-31-32-17-13-28(41(3,4)5)23-38(32)35(37(31)22-27)20-21-36-39-24-29(42(6,7)8)14-18-33(39)34-19-15-30(25-40(34)36)43(9,10)11/h26-40H,12-25H2,1-11H3. The van der Waals surface area contributed by atoms with Gasteiger partial charge in [-0.15, -0.1) is 0 Å². The van der Waals surface area contributed by atoms with E-state index in [1.807, 2.05) is 0 Å². The van der Waals surface area contributed by atoms with Crippen LogP contribution in [-0.2, 0) is 0 Å². The lowest BCUT2D eigenvalue weighted by Gasteiger charge is -2.43. The van der Waals surface area contributed by atoms with Crippen LogP contribution < -0.4 is 0 Å². The topological polar surface area (TPSA) is 0 Å². The van der Waals surface area contributed by atoms with Gasteiger partial charge in [0.15, 0.2) is 0 Å². The zero-order valence-corrected chi connectivity index (χ0v) is 31.1. The van der Waals surface area contributed by atoms with Gasteiger partial charge < -0.3 is 0 Å². The van der Waals surface area contributed by atoms with Crippen molar-refractivity contribution in [2.45, 2.75) is 166 Å². The average molecular weight is 593 g/mol. The van der Waals surface area contributed by atoms with Crippen molar-refractivity contribution in [3.05, 3.63) is 0 Å². The van der Waals surface area contributed by atoms with E-state index in [0.29, 0.717) is 16.2 Å². The third-order valence-electron chi connectivity index (χ3n) is 16.6. The van der Waals surface area contributed by atoms with E-state index in [4.69, 9.17) is 0 Å². The van der Waals surface area contributed by atoms with Gasteiger partial charge in [0.1, 0.15) is 0 Å². The van der Waals surface area contributed by atoms with Crippen LogP contribution in [0, 0.1) is 105 Å². The highest BCUT2D eigenvalue weighted by atomic mass is 14.6. The molecule has 6 aliphatic carbocycles. The number of hydrogen-bond donors (Lipinski definition) is 0. The molecule has 6 fully saturated rings. The highest BCUT2D eigenvalue weighted by molar-refractivity contribution is 5.06. The molecular formula is C43H76. The van der Waals surface area contributed by atoms with Crippen LogP contribution >= 0.6 is 0 Å². The van der Waals surface area contributed by atoms with E-state index in [1.165, 1.54) is 25.7 Å². The Hall–Kier alpha value is 0. The molecule has 248 valence electrons. The van der Waals surface area contributed by atoms with Gasteiger partial charge >= 0.3 is 0 Å². The summed E-state index contributed by atoms with van der Waals surface area (Å²) in [4.78, 5) is 0. The van der Waals surface area contributed by atoms with E-state index < -0.39 is 0 Å². The summed E-state index contributed by atoms with van der Waals surface area (Å²) in [6.07, 6.45) is 21.8. The first-order chi connectivity index (χ1) is 20.0. The molecule has 0 aromatic rings. The minimum absolute atomic E-state index is 0.487. The summed E-state index contributed by atoms with van der Waals surface area (Å²) >= 11 is 0. The zero-order chi connectivity index (χ0) is 31.1. The second kappa shape index (κ2) is 11.9. The van der Waals surface area contributed by atoms with Crippen molar-refractivity contribution in [1.29, 1.82) is 0 Å². The molecule has 0 N–H and O–H groups in total. The smallest absolute Gasteiger partial charge is 0.0349 e. The fourth-order valence-corrected chi connectivity index (χ4v) is 13.9. The maximum atomic E-state index is 2.56. The van der Waals surface area contributed by atoms with E-state index in [2.05, 4.69) is 76.2 Å². The fraction of sp³-hybridized carbons (Fsp3) is 1.00. The van der Waals surface area contributed by atoms with Crippen LogP contribution in [0.4, 0.5) is 0 Å². The molecule has 0 bridgehead atoms. The molecule has 0 heterocycles. The van der Waals surface area contributed by atoms with Gasteiger partial charge in [-0.2, -0.15) is 0 Å². The molecule has 0 radical (unpaired) electrons. The van der Waals surface area contributed by atoms with Gasteiger partial charge in [0.05, 0.1) is 0 Å². The third-order valence-corrected chi connectivity index (χ3v) is 16.6. The monoisotopic (exact) mass is 593 g/mol. The van der Waals surface area contributed by atoms with Crippen LogP contribution in [0.15, 0.2) is 0 Å². The number of fused-ring (bicyclic) bond motifs is 6. The molecule has 13 atom stereocenters. The second-order valence-corrected chi connectivity index (χ2v) is 21.7. The Balaban J connectivity index is 1.26. The molecule has 0 aromatic heterocycles. The van der Waals surface area contributed by atoms with Crippen molar-refractivity contribution in [3.63, 3.8) is 0 Å². The van der Waals surface area contributed by atoms with Gasteiger partial charge in [-0.05, 0) is 195 Å². The lowest BCUT2D eigenvalue weighted by atomic mass is 9.62. The van der Waals surface area contributed by atoms with Crippen molar-refractivity contribution in [2.75, 3.05) is 0 Å². The molecular weight excluding hydrogens is 516 g/mol. The Kier molecular flexibility index (Phi) is 9.12. The van der Waals surface area contributed by atoms with Gasteiger partial charge in [-0.1, -0.05) is 76.2 Å². The maximum Gasteiger partial charge on any atom is -0.0349 e. The van der Waals surface area contributed by atoms with Gasteiger partial charge in [-0.25, -0.2) is 0 Å². The van der Waals surface area contributed by atoms with Crippen LogP contribution in [0.5, 0.6) is 0 Å². The lowest BCUT2D eigenvalue weighted by Crippen LogP contribution is -2.34. The Labute approximate surface area is 270 Å². The van der Waals surface area contributed by atoms with Gasteiger partial charge in [-0.3, -0.25) is 0 Å². The molecule has 13 unspecified atom stereocenters. The molecule has 6 aliphatic rings. The Morgan fingerprint density at radius 3 is 1.00 bits per heavy atom.